The SMILES string of the molecule is CCCCCc1c(-c2ccc(C#N)cc2)c(C(N)=O)c(C)n1CC1CCCCC1. The van der Waals surface area contributed by atoms with E-state index in [1.165, 1.54) is 44.2 Å². The van der Waals surface area contributed by atoms with Crippen LogP contribution in [0.2, 0.25) is 0 Å². The van der Waals surface area contributed by atoms with E-state index in [4.69, 9.17) is 11.0 Å². The molecule has 0 atom stereocenters. The number of aromatic nitrogens is 1. The molecule has 1 amide bonds. The zero-order valence-corrected chi connectivity index (χ0v) is 17.8. The van der Waals surface area contributed by atoms with Crippen molar-refractivity contribution >= 4 is 5.91 Å². The molecule has 3 rings (SSSR count). The topological polar surface area (TPSA) is 71.8 Å². The van der Waals surface area contributed by atoms with Gasteiger partial charge in [-0.15, -0.1) is 0 Å². The number of nitriles is 1. The average molecular weight is 392 g/mol. The van der Waals surface area contributed by atoms with E-state index in [0.29, 0.717) is 17.0 Å². The van der Waals surface area contributed by atoms with Crippen LogP contribution in [0.1, 0.15) is 85.6 Å². The van der Waals surface area contributed by atoms with Gasteiger partial charge in [0, 0.05) is 23.5 Å². The maximum absolute atomic E-state index is 12.5. The quantitative estimate of drug-likeness (QED) is 0.582. The van der Waals surface area contributed by atoms with Crippen molar-refractivity contribution in [2.24, 2.45) is 11.7 Å². The molecule has 154 valence electrons. The number of carbonyl (C=O) groups is 1. The summed E-state index contributed by atoms with van der Waals surface area (Å²) in [5.74, 6) is 0.315. The Balaban J connectivity index is 2.10. The fourth-order valence-corrected chi connectivity index (χ4v) is 4.80. The van der Waals surface area contributed by atoms with E-state index in [1.807, 2.05) is 31.2 Å². The van der Waals surface area contributed by atoms with Gasteiger partial charge in [0.1, 0.15) is 0 Å². The average Bonchev–Trinajstić information content (AvgIpc) is 3.01. The number of hydrogen-bond acceptors (Lipinski definition) is 2. The minimum Gasteiger partial charge on any atom is -0.366 e. The van der Waals surface area contributed by atoms with Crippen LogP contribution in [0.5, 0.6) is 0 Å². The van der Waals surface area contributed by atoms with Crippen molar-refractivity contribution in [2.75, 3.05) is 0 Å². The standard InChI is InChI=1S/C25H33N3O/c1-3-4-6-11-22-24(21-14-12-19(16-26)13-15-21)23(25(27)29)18(2)28(22)17-20-9-7-5-8-10-20/h12-15,20H,3-11,17H2,1-2H3,(H2,27,29). The van der Waals surface area contributed by atoms with Crippen molar-refractivity contribution in [2.45, 2.75) is 78.2 Å². The number of rotatable bonds is 8. The smallest absolute Gasteiger partial charge is 0.251 e. The molecule has 2 N–H and O–H groups in total. The summed E-state index contributed by atoms with van der Waals surface area (Å²) in [6.45, 7) is 5.23. The van der Waals surface area contributed by atoms with Crippen LogP contribution in [-0.2, 0) is 13.0 Å². The summed E-state index contributed by atoms with van der Waals surface area (Å²) in [6, 6.07) is 9.72. The Labute approximate surface area is 174 Å². The Morgan fingerprint density at radius 1 is 1.17 bits per heavy atom. The fourth-order valence-electron chi connectivity index (χ4n) is 4.80. The Bertz CT molecular complexity index is 880. The highest BCUT2D eigenvalue weighted by atomic mass is 16.1. The van der Waals surface area contributed by atoms with Gasteiger partial charge in [-0.1, -0.05) is 51.2 Å². The molecule has 0 bridgehead atoms. The van der Waals surface area contributed by atoms with Crippen LogP contribution in [-0.4, -0.2) is 10.5 Å². The van der Waals surface area contributed by atoms with Gasteiger partial charge in [-0.2, -0.15) is 5.26 Å². The number of unbranched alkanes of at least 4 members (excludes halogenated alkanes) is 2. The highest BCUT2D eigenvalue weighted by molar-refractivity contribution is 6.02. The number of carbonyl (C=O) groups excluding carboxylic acids is 1. The largest absolute Gasteiger partial charge is 0.366 e. The second-order valence-corrected chi connectivity index (χ2v) is 8.41. The highest BCUT2D eigenvalue weighted by Gasteiger charge is 2.26. The predicted octanol–water partition coefficient (Wildman–Crippen LogP) is 5.75. The van der Waals surface area contributed by atoms with Crippen molar-refractivity contribution in [1.82, 2.24) is 4.57 Å². The summed E-state index contributed by atoms with van der Waals surface area (Å²) in [6.07, 6.45) is 10.9. The van der Waals surface area contributed by atoms with Gasteiger partial charge in [0.05, 0.1) is 17.2 Å². The van der Waals surface area contributed by atoms with Gasteiger partial charge in [0.25, 0.3) is 5.91 Å². The third-order valence-electron chi connectivity index (χ3n) is 6.36. The predicted molar refractivity (Wildman–Crippen MR) is 118 cm³/mol. The van der Waals surface area contributed by atoms with E-state index in [2.05, 4.69) is 17.6 Å². The lowest BCUT2D eigenvalue weighted by atomic mass is 9.89. The molecule has 4 heteroatoms. The molecule has 0 saturated heterocycles. The normalized spacial score (nSPS) is 14.7. The first-order chi connectivity index (χ1) is 14.1. The summed E-state index contributed by atoms with van der Waals surface area (Å²) in [5, 5.41) is 9.14. The molecule has 1 saturated carbocycles. The Hall–Kier alpha value is -2.54. The maximum Gasteiger partial charge on any atom is 0.251 e. The zero-order chi connectivity index (χ0) is 20.8. The van der Waals surface area contributed by atoms with Gasteiger partial charge in [-0.25, -0.2) is 0 Å². The van der Waals surface area contributed by atoms with E-state index in [0.717, 1.165) is 42.6 Å². The van der Waals surface area contributed by atoms with E-state index < -0.39 is 0 Å². The van der Waals surface area contributed by atoms with Gasteiger partial charge in [0.2, 0.25) is 0 Å². The molecule has 1 aromatic heterocycles. The molecule has 2 aromatic rings. The van der Waals surface area contributed by atoms with Gasteiger partial charge >= 0.3 is 0 Å². The number of benzene rings is 1. The molecule has 1 fully saturated rings. The molecule has 4 nitrogen and oxygen atoms in total. The summed E-state index contributed by atoms with van der Waals surface area (Å²) < 4.78 is 2.39. The second-order valence-electron chi connectivity index (χ2n) is 8.41. The van der Waals surface area contributed by atoms with Crippen molar-refractivity contribution in [3.05, 3.63) is 46.8 Å². The first kappa shape index (κ1) is 21.2. The Morgan fingerprint density at radius 2 is 1.86 bits per heavy atom. The molecule has 1 aliphatic carbocycles. The zero-order valence-electron chi connectivity index (χ0n) is 17.8. The van der Waals surface area contributed by atoms with E-state index in [1.54, 1.807) is 0 Å². The van der Waals surface area contributed by atoms with E-state index >= 15 is 0 Å². The molecule has 0 radical (unpaired) electrons. The van der Waals surface area contributed by atoms with Crippen molar-refractivity contribution in [3.8, 4) is 17.2 Å². The number of hydrogen-bond donors (Lipinski definition) is 1. The van der Waals surface area contributed by atoms with Crippen LogP contribution in [0.25, 0.3) is 11.1 Å². The lowest BCUT2D eigenvalue weighted by Crippen LogP contribution is -2.18. The lowest BCUT2D eigenvalue weighted by molar-refractivity contribution is 0.1000. The first-order valence-corrected chi connectivity index (χ1v) is 11.1. The monoisotopic (exact) mass is 391 g/mol. The maximum atomic E-state index is 12.5. The summed E-state index contributed by atoms with van der Waals surface area (Å²) >= 11 is 0. The van der Waals surface area contributed by atoms with Crippen LogP contribution >= 0.6 is 0 Å². The van der Waals surface area contributed by atoms with Crippen LogP contribution < -0.4 is 5.73 Å². The Morgan fingerprint density at radius 3 is 2.45 bits per heavy atom. The van der Waals surface area contributed by atoms with Crippen LogP contribution in [0.15, 0.2) is 24.3 Å². The van der Waals surface area contributed by atoms with Crippen LogP contribution in [0.4, 0.5) is 0 Å². The van der Waals surface area contributed by atoms with Crippen LogP contribution in [0, 0.1) is 24.2 Å². The molecule has 29 heavy (non-hydrogen) atoms. The molecule has 1 aliphatic rings. The Kier molecular flexibility index (Phi) is 7.14. The second kappa shape index (κ2) is 9.78. The molecule has 1 aromatic carbocycles. The molecule has 1 heterocycles. The summed E-state index contributed by atoms with van der Waals surface area (Å²) in [7, 11) is 0. The minimum absolute atomic E-state index is 0.360. The van der Waals surface area contributed by atoms with E-state index in [-0.39, 0.29) is 5.91 Å². The van der Waals surface area contributed by atoms with Crippen molar-refractivity contribution < 1.29 is 4.79 Å². The lowest BCUT2D eigenvalue weighted by Gasteiger charge is -2.24. The summed E-state index contributed by atoms with van der Waals surface area (Å²) in [5.41, 5.74) is 11.3. The number of nitrogens with two attached hydrogens (primary N) is 1. The molecule has 0 spiro atoms. The van der Waals surface area contributed by atoms with Crippen molar-refractivity contribution in [1.29, 1.82) is 5.26 Å². The van der Waals surface area contributed by atoms with Gasteiger partial charge in [0.15, 0.2) is 0 Å². The first-order valence-electron chi connectivity index (χ1n) is 11.1. The molecule has 0 aliphatic heterocycles. The van der Waals surface area contributed by atoms with Gasteiger partial charge in [-0.05, 0) is 56.2 Å². The number of amides is 1. The summed E-state index contributed by atoms with van der Waals surface area (Å²) in [4.78, 5) is 12.5. The number of nitrogens with zero attached hydrogens (tertiary/aromatic N) is 2. The minimum atomic E-state index is -0.360. The van der Waals surface area contributed by atoms with Crippen LogP contribution in [0.3, 0.4) is 0 Å². The third kappa shape index (κ3) is 4.72. The third-order valence-corrected chi connectivity index (χ3v) is 6.36. The molecular formula is C25H33N3O. The van der Waals surface area contributed by atoms with Gasteiger partial charge < -0.3 is 10.3 Å². The molecular weight excluding hydrogens is 358 g/mol. The van der Waals surface area contributed by atoms with Crippen molar-refractivity contribution in [3.63, 3.8) is 0 Å². The fraction of sp³-hybridized carbons (Fsp3) is 0.520. The van der Waals surface area contributed by atoms with E-state index in [9.17, 15) is 4.79 Å². The molecule has 0 unspecified atom stereocenters. The van der Waals surface area contributed by atoms with Gasteiger partial charge in [-0.3, -0.25) is 4.79 Å². The number of primary amides is 1. The highest BCUT2D eigenvalue weighted by Crippen LogP contribution is 2.36.